The molecule has 0 spiro atoms. The van der Waals surface area contributed by atoms with E-state index < -0.39 is 42.7 Å². The largest absolute Gasteiger partial charge is 0.366 e. The Morgan fingerprint density at radius 1 is 1.29 bits per heavy atom. The van der Waals surface area contributed by atoms with Gasteiger partial charge in [0.2, 0.25) is 25.5 Å². The lowest BCUT2D eigenvalue weighted by Gasteiger charge is -2.04. The summed E-state index contributed by atoms with van der Waals surface area (Å²) in [5.74, 6) is -0.545. The molecule has 0 bridgehead atoms. The summed E-state index contributed by atoms with van der Waals surface area (Å²) in [6.45, 7) is -0.393. The maximum atomic E-state index is 11.6. The Bertz CT molecular complexity index is 646. The number of aromatic nitrogens is 1. The Morgan fingerprint density at radius 2 is 1.94 bits per heavy atom. The summed E-state index contributed by atoms with van der Waals surface area (Å²) in [6, 6.07) is 1.05. The summed E-state index contributed by atoms with van der Waals surface area (Å²) in [5, 5.41) is 4.70. The first kappa shape index (κ1) is 13.8. The van der Waals surface area contributed by atoms with Crippen LogP contribution in [0, 0.1) is 0 Å². The van der Waals surface area contributed by atoms with Crippen molar-refractivity contribution in [3.63, 3.8) is 0 Å². The number of nitrogens with two attached hydrogens (primary N) is 1. The summed E-state index contributed by atoms with van der Waals surface area (Å²) in [5.41, 5.74) is -0.688. The number of primary sulfonamides is 1. The fourth-order valence-corrected chi connectivity index (χ4v) is 2.61. The predicted octanol–water partition coefficient (Wildman–Crippen LogP) is -2.06. The standard InChI is InChI=1S/C7H11N3O5S2/c8-16(12,13)4-3-10-17(14,15)7-5-9-2-1-6(7)11/h1-2,5,10H,3-4H2,(H,9,11)(H2,8,12,13). The third kappa shape index (κ3) is 4.26. The zero-order valence-electron chi connectivity index (χ0n) is 8.58. The zero-order valence-corrected chi connectivity index (χ0v) is 10.2. The van der Waals surface area contributed by atoms with Crippen LogP contribution in [0.15, 0.2) is 28.2 Å². The smallest absolute Gasteiger partial charge is 0.245 e. The van der Waals surface area contributed by atoms with E-state index in [2.05, 4.69) is 4.98 Å². The summed E-state index contributed by atoms with van der Waals surface area (Å²) >= 11 is 0. The van der Waals surface area contributed by atoms with Crippen LogP contribution >= 0.6 is 0 Å². The molecule has 10 heteroatoms. The number of hydrogen-bond acceptors (Lipinski definition) is 5. The van der Waals surface area contributed by atoms with E-state index in [-0.39, 0.29) is 0 Å². The minimum atomic E-state index is -4.03. The molecule has 8 nitrogen and oxygen atoms in total. The summed E-state index contributed by atoms with van der Waals surface area (Å²) < 4.78 is 46.3. The van der Waals surface area contributed by atoms with E-state index in [0.29, 0.717) is 0 Å². The van der Waals surface area contributed by atoms with Crippen LogP contribution in [-0.4, -0.2) is 34.1 Å². The van der Waals surface area contributed by atoms with Gasteiger partial charge < -0.3 is 4.98 Å². The minimum absolute atomic E-state index is 0.393. The highest BCUT2D eigenvalue weighted by molar-refractivity contribution is 7.90. The molecule has 1 aromatic heterocycles. The van der Waals surface area contributed by atoms with Crippen LogP contribution in [0.4, 0.5) is 0 Å². The Labute approximate surface area is 98.0 Å². The molecule has 0 aliphatic carbocycles. The Hall–Kier alpha value is -1.23. The third-order valence-electron chi connectivity index (χ3n) is 1.76. The molecule has 0 amide bonds. The van der Waals surface area contributed by atoms with Gasteiger partial charge in [0, 0.05) is 25.0 Å². The molecule has 0 saturated carbocycles. The molecule has 4 N–H and O–H groups in total. The van der Waals surface area contributed by atoms with Gasteiger partial charge in [-0.25, -0.2) is 26.7 Å². The zero-order chi connectivity index (χ0) is 13.1. The van der Waals surface area contributed by atoms with Crippen molar-refractivity contribution in [1.29, 1.82) is 0 Å². The number of aromatic amines is 1. The normalized spacial score (nSPS) is 12.5. The third-order valence-corrected chi connectivity index (χ3v) is 4.01. The van der Waals surface area contributed by atoms with E-state index in [4.69, 9.17) is 5.14 Å². The molecule has 0 aliphatic rings. The molecule has 17 heavy (non-hydrogen) atoms. The van der Waals surface area contributed by atoms with Gasteiger partial charge in [0.15, 0.2) is 0 Å². The first-order chi connectivity index (χ1) is 7.72. The SMILES string of the molecule is NS(=O)(=O)CCNS(=O)(=O)c1c[nH]ccc1=O. The number of H-pyrrole nitrogens is 1. The highest BCUT2D eigenvalue weighted by atomic mass is 32.2. The lowest BCUT2D eigenvalue weighted by Crippen LogP contribution is -2.33. The van der Waals surface area contributed by atoms with Crippen LogP contribution in [0.25, 0.3) is 0 Å². The number of hydrogen-bond donors (Lipinski definition) is 3. The monoisotopic (exact) mass is 281 g/mol. The molecular formula is C7H11N3O5S2. The second kappa shape index (κ2) is 4.96. The summed E-state index contributed by atoms with van der Waals surface area (Å²) in [4.78, 5) is 13.2. The molecule has 0 radical (unpaired) electrons. The maximum Gasteiger partial charge on any atom is 0.245 e. The lowest BCUT2D eigenvalue weighted by molar-refractivity contribution is 0.580. The van der Waals surface area contributed by atoms with E-state index in [1.54, 1.807) is 0 Å². The highest BCUT2D eigenvalue weighted by Gasteiger charge is 2.17. The number of nitrogens with one attached hydrogen (secondary N) is 2. The fourth-order valence-electron chi connectivity index (χ4n) is 1.01. The van der Waals surface area contributed by atoms with Crippen molar-refractivity contribution in [2.45, 2.75) is 4.90 Å². The van der Waals surface area contributed by atoms with Crippen molar-refractivity contribution in [2.24, 2.45) is 5.14 Å². The predicted molar refractivity (Wildman–Crippen MR) is 60.2 cm³/mol. The van der Waals surface area contributed by atoms with E-state index in [1.807, 2.05) is 4.72 Å². The molecule has 0 saturated heterocycles. The molecule has 1 rings (SSSR count). The average molecular weight is 281 g/mol. The van der Waals surface area contributed by atoms with Crippen molar-refractivity contribution in [2.75, 3.05) is 12.3 Å². The molecule has 1 heterocycles. The first-order valence-corrected chi connectivity index (χ1v) is 7.59. The van der Waals surface area contributed by atoms with Crippen molar-refractivity contribution in [3.05, 3.63) is 28.7 Å². The number of pyridine rings is 1. The molecular weight excluding hydrogens is 270 g/mol. The van der Waals surface area contributed by atoms with E-state index in [1.165, 1.54) is 6.20 Å². The van der Waals surface area contributed by atoms with Gasteiger partial charge in [0.1, 0.15) is 4.90 Å². The molecule has 0 aliphatic heterocycles. The van der Waals surface area contributed by atoms with Gasteiger partial charge in [0.05, 0.1) is 5.75 Å². The quantitative estimate of drug-likeness (QED) is 0.569. The molecule has 0 aromatic carbocycles. The molecule has 96 valence electrons. The van der Waals surface area contributed by atoms with E-state index >= 15 is 0 Å². The van der Waals surface area contributed by atoms with Crippen LogP contribution in [0.3, 0.4) is 0 Å². The first-order valence-electron chi connectivity index (χ1n) is 4.40. The molecule has 1 aromatic rings. The Morgan fingerprint density at radius 3 is 2.47 bits per heavy atom. The maximum absolute atomic E-state index is 11.6. The van der Waals surface area contributed by atoms with Gasteiger partial charge in [-0.3, -0.25) is 4.79 Å². The number of sulfonamides is 2. The topological polar surface area (TPSA) is 139 Å². The second-order valence-corrected chi connectivity index (χ2v) is 6.61. The summed E-state index contributed by atoms with van der Waals surface area (Å²) in [7, 11) is -7.78. The van der Waals surface area contributed by atoms with Crippen molar-refractivity contribution < 1.29 is 16.8 Å². The number of rotatable bonds is 5. The highest BCUT2D eigenvalue weighted by Crippen LogP contribution is 1.98. The van der Waals surface area contributed by atoms with Gasteiger partial charge in [-0.05, 0) is 0 Å². The minimum Gasteiger partial charge on any atom is -0.366 e. The van der Waals surface area contributed by atoms with Gasteiger partial charge in [-0.2, -0.15) is 0 Å². The van der Waals surface area contributed by atoms with Crippen LogP contribution in [0.5, 0.6) is 0 Å². The van der Waals surface area contributed by atoms with Crippen molar-refractivity contribution in [3.8, 4) is 0 Å². The van der Waals surface area contributed by atoms with E-state index in [9.17, 15) is 21.6 Å². The van der Waals surface area contributed by atoms with E-state index in [0.717, 1.165) is 12.3 Å². The molecule has 0 unspecified atom stereocenters. The van der Waals surface area contributed by atoms with Gasteiger partial charge in [-0.1, -0.05) is 0 Å². The van der Waals surface area contributed by atoms with Crippen LogP contribution in [0.1, 0.15) is 0 Å². The summed E-state index contributed by atoms with van der Waals surface area (Å²) in [6.07, 6.45) is 2.30. The van der Waals surface area contributed by atoms with Gasteiger partial charge >= 0.3 is 0 Å². The average Bonchev–Trinajstić information content (AvgIpc) is 2.15. The fraction of sp³-hybridized carbons (Fsp3) is 0.286. The van der Waals surface area contributed by atoms with Crippen molar-refractivity contribution >= 4 is 20.0 Å². The van der Waals surface area contributed by atoms with Gasteiger partial charge in [0.25, 0.3) is 0 Å². The van der Waals surface area contributed by atoms with Crippen LogP contribution in [0.2, 0.25) is 0 Å². The Kier molecular flexibility index (Phi) is 4.03. The lowest BCUT2D eigenvalue weighted by atomic mass is 10.5. The van der Waals surface area contributed by atoms with Gasteiger partial charge in [-0.15, -0.1) is 0 Å². The Balaban J connectivity index is 2.85. The van der Waals surface area contributed by atoms with Crippen molar-refractivity contribution in [1.82, 2.24) is 9.71 Å². The second-order valence-electron chi connectivity index (χ2n) is 3.14. The molecule has 0 fully saturated rings. The van der Waals surface area contributed by atoms with Crippen LogP contribution in [-0.2, 0) is 20.0 Å². The van der Waals surface area contributed by atoms with Crippen LogP contribution < -0.4 is 15.3 Å². The molecule has 0 atom stereocenters.